The molecule has 0 aromatic heterocycles. The van der Waals surface area contributed by atoms with Crippen LogP contribution in [0.5, 0.6) is 0 Å². The van der Waals surface area contributed by atoms with E-state index in [1.54, 1.807) is 6.21 Å². The molecule has 0 aliphatic rings. The van der Waals surface area contributed by atoms with Gasteiger partial charge in [0.25, 0.3) is 5.91 Å². The number of aryl methyl sites for hydroxylation is 2. The quantitative estimate of drug-likeness (QED) is 0.675. The van der Waals surface area contributed by atoms with Crippen LogP contribution in [0.3, 0.4) is 0 Å². The van der Waals surface area contributed by atoms with E-state index in [0.717, 1.165) is 11.1 Å². The molecule has 0 saturated carbocycles. The molecule has 1 amide bonds. The van der Waals surface area contributed by atoms with Crippen LogP contribution in [-0.4, -0.2) is 12.1 Å². The molecule has 0 heterocycles. The fourth-order valence-corrected chi connectivity index (χ4v) is 1.80. The van der Waals surface area contributed by atoms with Crippen LogP contribution in [0.2, 0.25) is 0 Å². The highest BCUT2D eigenvalue weighted by molar-refractivity contribution is 5.94. The van der Waals surface area contributed by atoms with Crippen LogP contribution < -0.4 is 5.43 Å². The number of carbonyl (C=O) groups excluding carboxylic acids is 1. The Labute approximate surface area is 117 Å². The maximum atomic E-state index is 12.7. The lowest BCUT2D eigenvalue weighted by Gasteiger charge is -2.02. The van der Waals surface area contributed by atoms with E-state index in [-0.39, 0.29) is 11.7 Å². The number of halogens is 1. The van der Waals surface area contributed by atoms with Crippen molar-refractivity contribution < 1.29 is 9.18 Å². The Morgan fingerprint density at radius 2 is 1.85 bits per heavy atom. The van der Waals surface area contributed by atoms with E-state index in [1.807, 2.05) is 32.0 Å². The van der Waals surface area contributed by atoms with Crippen molar-refractivity contribution >= 4 is 12.1 Å². The number of rotatable bonds is 3. The number of nitrogens with one attached hydrogen (secondary N) is 1. The average molecular weight is 270 g/mol. The van der Waals surface area contributed by atoms with Crippen LogP contribution in [0.15, 0.2) is 47.6 Å². The third kappa shape index (κ3) is 3.51. The number of hydrogen-bond acceptors (Lipinski definition) is 2. The van der Waals surface area contributed by atoms with Crippen molar-refractivity contribution in [2.24, 2.45) is 5.10 Å². The average Bonchev–Trinajstić information content (AvgIpc) is 2.42. The molecule has 2 aromatic rings. The minimum Gasteiger partial charge on any atom is -0.267 e. The summed E-state index contributed by atoms with van der Waals surface area (Å²) in [5.41, 5.74) is 5.99. The Kier molecular flexibility index (Phi) is 4.25. The lowest BCUT2D eigenvalue weighted by Crippen LogP contribution is -2.17. The summed E-state index contributed by atoms with van der Waals surface area (Å²) in [7, 11) is 0. The van der Waals surface area contributed by atoms with Gasteiger partial charge in [-0.1, -0.05) is 23.8 Å². The zero-order valence-corrected chi connectivity index (χ0v) is 11.4. The van der Waals surface area contributed by atoms with E-state index in [0.29, 0.717) is 5.56 Å². The molecule has 0 radical (unpaired) electrons. The van der Waals surface area contributed by atoms with Gasteiger partial charge < -0.3 is 0 Å². The Balaban J connectivity index is 2.02. The van der Waals surface area contributed by atoms with Gasteiger partial charge in [0.05, 0.1) is 6.21 Å². The van der Waals surface area contributed by atoms with Gasteiger partial charge in [0.1, 0.15) is 5.82 Å². The molecule has 2 rings (SSSR count). The van der Waals surface area contributed by atoms with Crippen LogP contribution in [0.25, 0.3) is 0 Å². The van der Waals surface area contributed by atoms with Crippen molar-refractivity contribution in [2.45, 2.75) is 13.8 Å². The van der Waals surface area contributed by atoms with E-state index < -0.39 is 0 Å². The first-order chi connectivity index (χ1) is 9.56. The predicted molar refractivity (Wildman–Crippen MR) is 77.4 cm³/mol. The standard InChI is InChI=1S/C16H15FN2O/c1-11-3-4-14(12(2)9-11)10-18-19-16(20)13-5-7-15(17)8-6-13/h3-10H,1-2H3,(H,19,20)/b18-10+. The van der Waals surface area contributed by atoms with Gasteiger partial charge in [-0.25, -0.2) is 9.82 Å². The highest BCUT2D eigenvalue weighted by Gasteiger charge is 2.03. The topological polar surface area (TPSA) is 41.5 Å². The summed E-state index contributed by atoms with van der Waals surface area (Å²) in [4.78, 5) is 11.7. The van der Waals surface area contributed by atoms with Crippen LogP contribution >= 0.6 is 0 Å². The number of carbonyl (C=O) groups is 1. The molecule has 0 bridgehead atoms. The number of nitrogens with zero attached hydrogens (tertiary/aromatic N) is 1. The normalized spacial score (nSPS) is 10.8. The lowest BCUT2D eigenvalue weighted by atomic mass is 10.1. The van der Waals surface area contributed by atoms with Gasteiger partial charge in [0, 0.05) is 5.56 Å². The van der Waals surface area contributed by atoms with Crippen molar-refractivity contribution in [2.75, 3.05) is 0 Å². The molecule has 0 aliphatic heterocycles. The molecular formula is C16H15FN2O. The van der Waals surface area contributed by atoms with Crippen molar-refractivity contribution in [1.82, 2.24) is 5.43 Å². The van der Waals surface area contributed by atoms with Gasteiger partial charge in [-0.15, -0.1) is 0 Å². The Morgan fingerprint density at radius 3 is 2.50 bits per heavy atom. The minimum absolute atomic E-state index is 0.365. The summed E-state index contributed by atoms with van der Waals surface area (Å²) in [5, 5.41) is 3.91. The summed E-state index contributed by atoms with van der Waals surface area (Å²) < 4.78 is 12.7. The summed E-state index contributed by atoms with van der Waals surface area (Å²) in [6.07, 6.45) is 1.59. The second-order valence-electron chi connectivity index (χ2n) is 4.57. The van der Waals surface area contributed by atoms with Gasteiger partial charge in [-0.05, 0) is 49.2 Å². The Morgan fingerprint density at radius 1 is 1.15 bits per heavy atom. The Hall–Kier alpha value is -2.49. The molecule has 0 fully saturated rings. The number of hydrazone groups is 1. The monoisotopic (exact) mass is 270 g/mol. The van der Waals surface area contributed by atoms with Gasteiger partial charge in [-0.3, -0.25) is 4.79 Å². The van der Waals surface area contributed by atoms with Crippen LogP contribution in [0.4, 0.5) is 4.39 Å². The molecule has 3 nitrogen and oxygen atoms in total. The fourth-order valence-electron chi connectivity index (χ4n) is 1.80. The lowest BCUT2D eigenvalue weighted by molar-refractivity contribution is 0.0955. The van der Waals surface area contributed by atoms with Gasteiger partial charge in [-0.2, -0.15) is 5.10 Å². The zero-order valence-electron chi connectivity index (χ0n) is 11.4. The molecule has 102 valence electrons. The SMILES string of the molecule is Cc1ccc(/C=N/NC(=O)c2ccc(F)cc2)c(C)c1. The molecule has 4 heteroatoms. The second kappa shape index (κ2) is 6.10. The van der Waals surface area contributed by atoms with Crippen LogP contribution in [0.1, 0.15) is 27.0 Å². The van der Waals surface area contributed by atoms with Crippen molar-refractivity contribution in [1.29, 1.82) is 0 Å². The first-order valence-electron chi connectivity index (χ1n) is 6.22. The smallest absolute Gasteiger partial charge is 0.267 e. The molecule has 2 aromatic carbocycles. The van der Waals surface area contributed by atoms with Crippen LogP contribution in [0, 0.1) is 19.7 Å². The summed E-state index contributed by atoms with van der Waals surface area (Å²) in [6.45, 7) is 4.00. The first kappa shape index (κ1) is 13.9. The highest BCUT2D eigenvalue weighted by Crippen LogP contribution is 2.08. The third-order valence-corrected chi connectivity index (χ3v) is 2.90. The van der Waals surface area contributed by atoms with Crippen molar-refractivity contribution in [3.05, 3.63) is 70.5 Å². The summed E-state index contributed by atoms with van der Waals surface area (Å²) in [6, 6.07) is 11.3. The van der Waals surface area contributed by atoms with Crippen molar-refractivity contribution in [3.8, 4) is 0 Å². The Bertz CT molecular complexity index is 648. The van der Waals surface area contributed by atoms with E-state index >= 15 is 0 Å². The molecule has 0 aliphatic carbocycles. The summed E-state index contributed by atoms with van der Waals surface area (Å²) >= 11 is 0. The molecule has 0 saturated heterocycles. The van der Waals surface area contributed by atoms with E-state index in [9.17, 15) is 9.18 Å². The highest BCUT2D eigenvalue weighted by atomic mass is 19.1. The maximum Gasteiger partial charge on any atom is 0.271 e. The van der Waals surface area contributed by atoms with Gasteiger partial charge >= 0.3 is 0 Å². The fraction of sp³-hybridized carbons (Fsp3) is 0.125. The molecule has 20 heavy (non-hydrogen) atoms. The number of amides is 1. The van der Waals surface area contributed by atoms with E-state index in [4.69, 9.17) is 0 Å². The second-order valence-corrected chi connectivity index (χ2v) is 4.57. The predicted octanol–water partition coefficient (Wildman–Crippen LogP) is 3.21. The largest absolute Gasteiger partial charge is 0.271 e. The first-order valence-corrected chi connectivity index (χ1v) is 6.22. The molecular weight excluding hydrogens is 255 g/mol. The molecule has 0 atom stereocenters. The molecule has 1 N–H and O–H groups in total. The van der Waals surface area contributed by atoms with Crippen LogP contribution in [-0.2, 0) is 0 Å². The summed E-state index contributed by atoms with van der Waals surface area (Å²) in [5.74, 6) is -0.744. The van der Waals surface area contributed by atoms with E-state index in [1.165, 1.54) is 29.8 Å². The van der Waals surface area contributed by atoms with Crippen molar-refractivity contribution in [3.63, 3.8) is 0 Å². The van der Waals surface area contributed by atoms with Gasteiger partial charge in [0.2, 0.25) is 0 Å². The number of hydrogen-bond donors (Lipinski definition) is 1. The maximum absolute atomic E-state index is 12.7. The molecule has 0 spiro atoms. The third-order valence-electron chi connectivity index (χ3n) is 2.90. The number of benzene rings is 2. The minimum atomic E-state index is -0.375. The van der Waals surface area contributed by atoms with E-state index in [2.05, 4.69) is 10.5 Å². The van der Waals surface area contributed by atoms with Gasteiger partial charge in [0.15, 0.2) is 0 Å². The molecule has 0 unspecified atom stereocenters. The zero-order chi connectivity index (χ0) is 14.5.